The first-order chi connectivity index (χ1) is 10.2. The third-order valence-electron chi connectivity index (χ3n) is 3.19. The number of aromatic amines is 1. The number of allylic oxidation sites excluding steroid dienone is 1. The van der Waals surface area contributed by atoms with Crippen LogP contribution in [-0.4, -0.2) is 38.2 Å². The Kier molecular flexibility index (Phi) is 5.51. The summed E-state index contributed by atoms with van der Waals surface area (Å²) in [5.74, 6) is 1.43. The maximum absolute atomic E-state index is 8.51. The highest BCUT2D eigenvalue weighted by molar-refractivity contribution is 5.83. The van der Waals surface area contributed by atoms with Gasteiger partial charge in [0.1, 0.15) is 5.52 Å². The lowest BCUT2D eigenvalue weighted by Gasteiger charge is -2.04. The highest BCUT2D eigenvalue weighted by atomic mass is 16.3. The van der Waals surface area contributed by atoms with Gasteiger partial charge in [-0.25, -0.2) is 4.98 Å². The van der Waals surface area contributed by atoms with Crippen LogP contribution in [0.15, 0.2) is 18.5 Å². The summed E-state index contributed by atoms with van der Waals surface area (Å²) in [5, 5.41) is 11.7. The van der Waals surface area contributed by atoms with E-state index in [2.05, 4.69) is 44.3 Å². The first-order valence-electron chi connectivity index (χ1n) is 7.22. The summed E-state index contributed by atoms with van der Waals surface area (Å²) in [6, 6.07) is 0. The number of nitrogens with one attached hydrogen (secondary N) is 2. The van der Waals surface area contributed by atoms with E-state index in [4.69, 9.17) is 10.8 Å². The average Bonchev–Trinajstić information content (AvgIpc) is 3.15. The van der Waals surface area contributed by atoms with E-state index in [-0.39, 0.29) is 5.95 Å². The molecule has 114 valence electrons. The van der Waals surface area contributed by atoms with Gasteiger partial charge in [0.25, 0.3) is 0 Å². The maximum Gasteiger partial charge on any atom is 0.224 e. The Bertz CT molecular complexity index is 594. The van der Waals surface area contributed by atoms with Crippen LogP contribution in [0.2, 0.25) is 0 Å². The van der Waals surface area contributed by atoms with Crippen molar-refractivity contribution in [2.45, 2.75) is 26.2 Å². The van der Waals surface area contributed by atoms with E-state index < -0.39 is 0 Å². The minimum absolute atomic E-state index is 0.239. The molecule has 0 spiro atoms. The second-order valence-corrected chi connectivity index (χ2v) is 4.91. The summed E-state index contributed by atoms with van der Waals surface area (Å²) in [6.45, 7) is 3.27. The van der Waals surface area contributed by atoms with Crippen molar-refractivity contribution in [3.8, 4) is 0 Å². The molecule has 0 bridgehead atoms. The molecule has 1 aliphatic carbocycles. The number of aliphatic hydroxyl groups excluding tert-OH is 1. The molecule has 1 aliphatic rings. The predicted molar refractivity (Wildman–Crippen MR) is 83.8 cm³/mol. The quantitative estimate of drug-likeness (QED) is 0.637. The molecule has 2 aromatic rings. The molecule has 0 amide bonds. The van der Waals surface area contributed by atoms with Crippen LogP contribution >= 0.6 is 0 Å². The van der Waals surface area contributed by atoms with E-state index in [0.29, 0.717) is 24.0 Å². The molecule has 0 aliphatic heterocycles. The minimum Gasteiger partial charge on any atom is -0.396 e. The van der Waals surface area contributed by atoms with Crippen LogP contribution in [0, 0.1) is 5.92 Å². The van der Waals surface area contributed by atoms with Crippen molar-refractivity contribution >= 4 is 22.9 Å². The fourth-order valence-corrected chi connectivity index (χ4v) is 2.07. The van der Waals surface area contributed by atoms with Gasteiger partial charge in [0.15, 0.2) is 11.5 Å². The molecule has 7 heteroatoms. The number of imidazole rings is 1. The van der Waals surface area contributed by atoms with Gasteiger partial charge >= 0.3 is 0 Å². The normalized spacial score (nSPS) is 16.8. The highest BCUT2D eigenvalue weighted by Gasteiger charge is 2.07. The third-order valence-corrected chi connectivity index (χ3v) is 3.19. The number of hydrogen-bond donors (Lipinski definition) is 4. The molecule has 3 rings (SSSR count). The number of rotatable bonds is 4. The number of aromatic nitrogens is 4. The average molecular weight is 290 g/mol. The van der Waals surface area contributed by atoms with Gasteiger partial charge in [0, 0.05) is 19.1 Å². The molecule has 0 unspecified atom stereocenters. The van der Waals surface area contributed by atoms with E-state index in [9.17, 15) is 0 Å². The molecular weight excluding hydrogens is 268 g/mol. The summed E-state index contributed by atoms with van der Waals surface area (Å²) >= 11 is 0. The van der Waals surface area contributed by atoms with Gasteiger partial charge in [0.05, 0.1) is 6.33 Å². The summed E-state index contributed by atoms with van der Waals surface area (Å²) in [4.78, 5) is 15.1. The van der Waals surface area contributed by atoms with Crippen molar-refractivity contribution in [2.24, 2.45) is 5.92 Å². The molecule has 5 N–H and O–H groups in total. The van der Waals surface area contributed by atoms with Crippen LogP contribution in [0.1, 0.15) is 26.2 Å². The van der Waals surface area contributed by atoms with E-state index in [1.165, 1.54) is 0 Å². The van der Waals surface area contributed by atoms with Gasteiger partial charge in [0.2, 0.25) is 5.95 Å². The van der Waals surface area contributed by atoms with Crippen molar-refractivity contribution < 1.29 is 5.11 Å². The lowest BCUT2D eigenvalue weighted by molar-refractivity contribution is 0.251. The van der Waals surface area contributed by atoms with E-state index >= 15 is 0 Å². The Morgan fingerprint density at radius 2 is 2.33 bits per heavy atom. The highest BCUT2D eigenvalue weighted by Crippen LogP contribution is 2.16. The fourth-order valence-electron chi connectivity index (χ4n) is 2.07. The van der Waals surface area contributed by atoms with Crippen molar-refractivity contribution in [3.05, 3.63) is 18.5 Å². The Morgan fingerprint density at radius 1 is 1.48 bits per heavy atom. The van der Waals surface area contributed by atoms with Gasteiger partial charge in [-0.05, 0) is 19.3 Å². The minimum atomic E-state index is 0.239. The van der Waals surface area contributed by atoms with E-state index in [0.717, 1.165) is 31.3 Å². The first-order valence-corrected chi connectivity index (χ1v) is 7.22. The van der Waals surface area contributed by atoms with Crippen LogP contribution in [0.5, 0.6) is 0 Å². The number of anilines is 2. The van der Waals surface area contributed by atoms with Crippen molar-refractivity contribution in [1.82, 2.24) is 19.9 Å². The largest absolute Gasteiger partial charge is 0.396 e. The molecule has 21 heavy (non-hydrogen) atoms. The topological polar surface area (TPSA) is 113 Å². The number of aliphatic hydroxyl groups is 1. The summed E-state index contributed by atoms with van der Waals surface area (Å²) in [6.07, 6.45) is 9.12. The second-order valence-electron chi connectivity index (χ2n) is 4.91. The van der Waals surface area contributed by atoms with Gasteiger partial charge < -0.3 is 21.1 Å². The smallest absolute Gasteiger partial charge is 0.224 e. The number of hydrogen-bond acceptors (Lipinski definition) is 6. The van der Waals surface area contributed by atoms with Crippen LogP contribution in [0.25, 0.3) is 11.2 Å². The predicted octanol–water partition coefficient (Wildman–Crippen LogP) is 1.70. The summed E-state index contributed by atoms with van der Waals surface area (Å²) < 4.78 is 0. The Balaban J connectivity index is 0.000000194. The first kappa shape index (κ1) is 15.2. The summed E-state index contributed by atoms with van der Waals surface area (Å²) in [5.41, 5.74) is 6.93. The monoisotopic (exact) mass is 290 g/mol. The standard InChI is InChI=1S/C8H12N6.C6H10O/c1-2-3-10-6-5-7(12-4-11-5)14-8(9)13-6;7-5-6-3-1-2-4-6/h4H,2-3H2,1H3,(H4,9,10,11,12,13,14);1,3,6-7H,2,4-5H2/t;6-/m.1/s1. The molecule has 0 fully saturated rings. The molecule has 2 aromatic heterocycles. The lowest BCUT2D eigenvalue weighted by atomic mass is 10.1. The maximum atomic E-state index is 8.51. The van der Waals surface area contributed by atoms with Gasteiger partial charge in [-0.1, -0.05) is 19.1 Å². The van der Waals surface area contributed by atoms with Crippen molar-refractivity contribution in [3.63, 3.8) is 0 Å². The van der Waals surface area contributed by atoms with Gasteiger partial charge in [-0.2, -0.15) is 9.97 Å². The van der Waals surface area contributed by atoms with Crippen molar-refractivity contribution in [2.75, 3.05) is 24.2 Å². The Hall–Kier alpha value is -2.15. The second kappa shape index (κ2) is 7.58. The van der Waals surface area contributed by atoms with Crippen LogP contribution in [-0.2, 0) is 0 Å². The van der Waals surface area contributed by atoms with Crippen molar-refractivity contribution in [1.29, 1.82) is 0 Å². The number of nitrogens with two attached hydrogens (primary N) is 1. The number of nitrogen functional groups attached to an aromatic ring is 1. The molecule has 0 saturated carbocycles. The molecule has 0 radical (unpaired) electrons. The zero-order valence-electron chi connectivity index (χ0n) is 12.2. The van der Waals surface area contributed by atoms with Crippen LogP contribution in [0.4, 0.5) is 11.8 Å². The summed E-state index contributed by atoms with van der Waals surface area (Å²) in [7, 11) is 0. The van der Waals surface area contributed by atoms with Gasteiger partial charge in [-0.3, -0.25) is 0 Å². The van der Waals surface area contributed by atoms with Crippen LogP contribution < -0.4 is 11.1 Å². The number of H-pyrrole nitrogens is 1. The third kappa shape index (κ3) is 4.16. The molecule has 7 nitrogen and oxygen atoms in total. The van der Waals surface area contributed by atoms with Gasteiger partial charge in [-0.15, -0.1) is 0 Å². The lowest BCUT2D eigenvalue weighted by Crippen LogP contribution is -2.05. The zero-order valence-corrected chi connectivity index (χ0v) is 12.2. The molecule has 2 heterocycles. The molecule has 0 saturated heterocycles. The number of fused-ring (bicyclic) bond motifs is 1. The molecule has 0 aromatic carbocycles. The molecular formula is C14H22N6O. The fraction of sp³-hybridized carbons (Fsp3) is 0.500. The van der Waals surface area contributed by atoms with E-state index in [1.54, 1.807) is 6.33 Å². The SMILES string of the molecule is CCCNc1nc(N)nc2nc[nH]c12.OC[C@@H]1C=CCC1. The molecule has 1 atom stereocenters. The number of nitrogens with zero attached hydrogens (tertiary/aromatic N) is 3. The Labute approximate surface area is 123 Å². The Morgan fingerprint density at radius 3 is 2.95 bits per heavy atom. The zero-order chi connectivity index (χ0) is 15.1. The van der Waals surface area contributed by atoms with E-state index in [1.807, 2.05) is 0 Å². The van der Waals surface area contributed by atoms with Crippen LogP contribution in [0.3, 0.4) is 0 Å².